The number of rotatable bonds is 2. The summed E-state index contributed by atoms with van der Waals surface area (Å²) in [4.78, 5) is 13.4. The number of carbonyl (C=O) groups excluding carboxylic acids is 1. The van der Waals surface area contributed by atoms with Crippen LogP contribution in [-0.4, -0.2) is 13.0 Å². The Morgan fingerprint density at radius 3 is 2.74 bits per heavy atom. The summed E-state index contributed by atoms with van der Waals surface area (Å²) >= 11 is 6.64. The average Bonchev–Trinajstić information content (AvgIpc) is 2.96. The summed E-state index contributed by atoms with van der Waals surface area (Å²) in [5.41, 5.74) is 3.55. The molecule has 3 heteroatoms. The van der Waals surface area contributed by atoms with Crippen molar-refractivity contribution >= 4 is 23.2 Å². The van der Waals surface area contributed by atoms with Gasteiger partial charge in [-0.1, -0.05) is 25.0 Å². The molecule has 0 aromatic heterocycles. The summed E-state index contributed by atoms with van der Waals surface area (Å²) in [5.74, 6) is 0.834. The van der Waals surface area contributed by atoms with Crippen LogP contribution in [0.25, 0.3) is 0 Å². The van der Waals surface area contributed by atoms with Crippen LogP contribution < -0.4 is 4.90 Å². The van der Waals surface area contributed by atoms with Crippen LogP contribution in [0.1, 0.15) is 48.6 Å². The van der Waals surface area contributed by atoms with Crippen molar-refractivity contribution in [3.63, 3.8) is 0 Å². The van der Waals surface area contributed by atoms with Crippen LogP contribution in [0.3, 0.4) is 0 Å². The zero-order chi connectivity index (χ0) is 13.4. The third-order valence-corrected chi connectivity index (χ3v) is 5.19. The van der Waals surface area contributed by atoms with Crippen LogP contribution in [0, 0.1) is 5.92 Å². The topological polar surface area (TPSA) is 20.3 Å². The largest absolute Gasteiger partial charge is 0.315 e. The number of nitrogens with zero attached hydrogens (tertiary/aromatic N) is 1. The van der Waals surface area contributed by atoms with E-state index in [2.05, 4.69) is 18.2 Å². The number of alkyl halides is 1. The summed E-state index contributed by atoms with van der Waals surface area (Å²) in [6, 6.07) is 6.38. The van der Waals surface area contributed by atoms with Crippen molar-refractivity contribution < 1.29 is 4.79 Å². The van der Waals surface area contributed by atoms with E-state index in [0.717, 1.165) is 12.1 Å². The number of hydrogen-bond acceptors (Lipinski definition) is 1. The standard InChI is InChI=1S/C16H20ClNO/c1-18-14-8-6-13(10-12(14)7-9-15(18)19)16(17)11-4-2-3-5-11/h6,8,10-11,16H,2-5,7,9H2,1H3. The van der Waals surface area contributed by atoms with Crippen LogP contribution in [0.2, 0.25) is 0 Å². The lowest BCUT2D eigenvalue weighted by Crippen LogP contribution is -2.31. The summed E-state index contributed by atoms with van der Waals surface area (Å²) < 4.78 is 0. The predicted octanol–water partition coefficient (Wildman–Crippen LogP) is 4.07. The zero-order valence-electron chi connectivity index (χ0n) is 11.4. The van der Waals surface area contributed by atoms with Crippen molar-refractivity contribution in [1.82, 2.24) is 0 Å². The van der Waals surface area contributed by atoms with Gasteiger partial charge in [-0.2, -0.15) is 0 Å². The van der Waals surface area contributed by atoms with Gasteiger partial charge in [-0.25, -0.2) is 0 Å². The van der Waals surface area contributed by atoms with Crippen LogP contribution in [-0.2, 0) is 11.2 Å². The fourth-order valence-electron chi connectivity index (χ4n) is 3.37. The van der Waals surface area contributed by atoms with Crippen molar-refractivity contribution in [1.29, 1.82) is 0 Å². The van der Waals surface area contributed by atoms with E-state index in [1.807, 2.05) is 7.05 Å². The molecule has 102 valence electrons. The molecule has 0 N–H and O–H groups in total. The quantitative estimate of drug-likeness (QED) is 0.747. The second-order valence-corrected chi connectivity index (χ2v) is 6.26. The molecular formula is C16H20ClNO. The minimum Gasteiger partial charge on any atom is -0.315 e. The molecule has 1 saturated carbocycles. The molecule has 2 nitrogen and oxygen atoms in total. The van der Waals surface area contributed by atoms with Crippen LogP contribution in [0.15, 0.2) is 18.2 Å². The van der Waals surface area contributed by atoms with Gasteiger partial charge in [0.25, 0.3) is 0 Å². The fraction of sp³-hybridized carbons (Fsp3) is 0.562. The molecule has 1 fully saturated rings. The maximum Gasteiger partial charge on any atom is 0.227 e. The molecule has 1 unspecified atom stereocenters. The van der Waals surface area contributed by atoms with E-state index in [1.165, 1.54) is 36.8 Å². The fourth-order valence-corrected chi connectivity index (χ4v) is 3.76. The first-order valence-corrected chi connectivity index (χ1v) is 7.64. The van der Waals surface area contributed by atoms with Gasteiger partial charge in [-0.05, 0) is 42.4 Å². The zero-order valence-corrected chi connectivity index (χ0v) is 12.1. The van der Waals surface area contributed by atoms with Crippen LogP contribution >= 0.6 is 11.6 Å². The first-order chi connectivity index (χ1) is 9.16. The third kappa shape index (κ3) is 2.38. The Balaban J connectivity index is 1.87. The summed E-state index contributed by atoms with van der Waals surface area (Å²) in [6.07, 6.45) is 6.60. The van der Waals surface area contributed by atoms with Gasteiger partial charge >= 0.3 is 0 Å². The van der Waals surface area contributed by atoms with E-state index in [4.69, 9.17) is 11.6 Å². The van der Waals surface area contributed by atoms with E-state index < -0.39 is 0 Å². The number of benzene rings is 1. The van der Waals surface area contributed by atoms with Crippen LogP contribution in [0.5, 0.6) is 0 Å². The highest BCUT2D eigenvalue weighted by molar-refractivity contribution is 6.21. The first kappa shape index (κ1) is 13.0. The number of hydrogen-bond donors (Lipinski definition) is 0. The second kappa shape index (κ2) is 5.16. The molecule has 3 rings (SSSR count). The molecule has 1 heterocycles. The smallest absolute Gasteiger partial charge is 0.227 e. The predicted molar refractivity (Wildman–Crippen MR) is 78.7 cm³/mol. The summed E-state index contributed by atoms with van der Waals surface area (Å²) in [5, 5.41) is 0.135. The molecule has 1 aromatic carbocycles. The molecule has 0 spiro atoms. The number of carbonyl (C=O) groups is 1. The maximum absolute atomic E-state index is 11.7. The third-order valence-electron chi connectivity index (χ3n) is 4.58. The summed E-state index contributed by atoms with van der Waals surface area (Å²) in [7, 11) is 1.86. The van der Waals surface area contributed by atoms with Crippen LogP contribution in [0.4, 0.5) is 5.69 Å². The van der Waals surface area contributed by atoms with Crippen molar-refractivity contribution in [2.45, 2.75) is 43.9 Å². The maximum atomic E-state index is 11.7. The van der Waals surface area contributed by atoms with E-state index in [1.54, 1.807) is 4.90 Å². The highest BCUT2D eigenvalue weighted by atomic mass is 35.5. The molecule has 19 heavy (non-hydrogen) atoms. The molecule has 0 bridgehead atoms. The lowest BCUT2D eigenvalue weighted by molar-refractivity contribution is -0.118. The molecule has 1 amide bonds. The Morgan fingerprint density at radius 1 is 1.26 bits per heavy atom. The van der Waals surface area contributed by atoms with Crippen molar-refractivity contribution in [2.24, 2.45) is 5.92 Å². The first-order valence-electron chi connectivity index (χ1n) is 7.20. The Morgan fingerprint density at radius 2 is 2.00 bits per heavy atom. The molecule has 0 saturated heterocycles. The monoisotopic (exact) mass is 277 g/mol. The van der Waals surface area contributed by atoms with E-state index in [-0.39, 0.29) is 11.3 Å². The van der Waals surface area contributed by atoms with Gasteiger partial charge in [0, 0.05) is 19.2 Å². The lowest BCUT2D eigenvalue weighted by atomic mass is 9.93. The van der Waals surface area contributed by atoms with E-state index in [9.17, 15) is 4.79 Å². The number of aryl methyl sites for hydroxylation is 1. The molecule has 1 aliphatic carbocycles. The molecule has 1 aromatic rings. The Bertz CT molecular complexity index is 494. The molecule has 1 atom stereocenters. The van der Waals surface area contributed by atoms with Gasteiger partial charge in [-0.15, -0.1) is 11.6 Å². The minimum atomic E-state index is 0.135. The van der Waals surface area contributed by atoms with Gasteiger partial charge in [0.15, 0.2) is 0 Å². The van der Waals surface area contributed by atoms with Gasteiger partial charge in [-0.3, -0.25) is 4.79 Å². The Labute approximate surface area is 119 Å². The van der Waals surface area contributed by atoms with Gasteiger partial charge in [0.1, 0.15) is 0 Å². The number of halogens is 1. The second-order valence-electron chi connectivity index (χ2n) is 5.79. The van der Waals surface area contributed by atoms with E-state index in [0.29, 0.717) is 12.3 Å². The highest BCUT2D eigenvalue weighted by Crippen LogP contribution is 2.41. The number of anilines is 1. The normalized spacial score (nSPS) is 21.6. The van der Waals surface area contributed by atoms with Crippen molar-refractivity contribution in [3.05, 3.63) is 29.3 Å². The molecule has 2 aliphatic rings. The van der Waals surface area contributed by atoms with Crippen molar-refractivity contribution in [3.8, 4) is 0 Å². The lowest BCUT2D eigenvalue weighted by Gasteiger charge is -2.27. The van der Waals surface area contributed by atoms with Gasteiger partial charge < -0.3 is 4.90 Å². The molecule has 0 radical (unpaired) electrons. The number of amides is 1. The SMILES string of the molecule is CN1C(=O)CCc2cc(C(Cl)C3CCCC3)ccc21. The van der Waals surface area contributed by atoms with E-state index >= 15 is 0 Å². The summed E-state index contributed by atoms with van der Waals surface area (Å²) in [6.45, 7) is 0. The Hall–Kier alpha value is -1.02. The van der Waals surface area contributed by atoms with Gasteiger partial charge in [0.05, 0.1) is 5.38 Å². The van der Waals surface area contributed by atoms with Gasteiger partial charge in [0.2, 0.25) is 5.91 Å². The average molecular weight is 278 g/mol. The minimum absolute atomic E-state index is 0.135. The Kier molecular flexibility index (Phi) is 3.53. The molecule has 1 aliphatic heterocycles. The van der Waals surface area contributed by atoms with Crippen molar-refractivity contribution in [2.75, 3.05) is 11.9 Å². The number of fused-ring (bicyclic) bond motifs is 1. The highest BCUT2D eigenvalue weighted by Gasteiger charge is 2.26. The molecular weight excluding hydrogens is 258 g/mol.